The zero-order chi connectivity index (χ0) is 22.9. The Morgan fingerprint density at radius 2 is 1.81 bits per heavy atom. The normalized spacial score (nSPS) is 17.0. The summed E-state index contributed by atoms with van der Waals surface area (Å²) in [5.74, 6) is 2.29. The van der Waals surface area contributed by atoms with E-state index < -0.39 is 0 Å². The molecule has 0 aliphatic carbocycles. The zero-order valence-corrected chi connectivity index (χ0v) is 20.0. The van der Waals surface area contributed by atoms with Crippen LogP contribution in [0.4, 0.5) is 5.69 Å². The van der Waals surface area contributed by atoms with Gasteiger partial charge in [-0.15, -0.1) is 0 Å². The number of hydrogen-bond acceptors (Lipinski definition) is 4. The van der Waals surface area contributed by atoms with Crippen molar-refractivity contribution in [2.45, 2.75) is 59.4 Å². The molecule has 0 saturated carbocycles. The molecule has 0 radical (unpaired) electrons. The van der Waals surface area contributed by atoms with Crippen LogP contribution in [0.2, 0.25) is 0 Å². The lowest BCUT2D eigenvalue weighted by atomic mass is 9.99. The predicted octanol–water partition coefficient (Wildman–Crippen LogP) is 5.53. The van der Waals surface area contributed by atoms with Crippen molar-refractivity contribution in [1.29, 1.82) is 0 Å². The number of nitrogens with zero attached hydrogens (tertiary/aromatic N) is 1. The summed E-state index contributed by atoms with van der Waals surface area (Å²) in [4.78, 5) is 15.0. The van der Waals surface area contributed by atoms with Gasteiger partial charge in [0.2, 0.25) is 5.91 Å². The van der Waals surface area contributed by atoms with Crippen molar-refractivity contribution in [2.24, 2.45) is 5.92 Å². The summed E-state index contributed by atoms with van der Waals surface area (Å²) in [5, 5.41) is 3.14. The van der Waals surface area contributed by atoms with E-state index in [2.05, 4.69) is 41.4 Å². The lowest BCUT2D eigenvalue weighted by Crippen LogP contribution is -2.34. The first-order valence-electron chi connectivity index (χ1n) is 12.0. The topological polar surface area (TPSA) is 50.8 Å². The highest BCUT2D eigenvalue weighted by Gasteiger charge is 2.17. The second kappa shape index (κ2) is 11.8. The molecule has 1 N–H and O–H groups in total. The van der Waals surface area contributed by atoms with Crippen molar-refractivity contribution in [1.82, 2.24) is 5.32 Å². The van der Waals surface area contributed by atoms with E-state index in [0.29, 0.717) is 26.1 Å². The van der Waals surface area contributed by atoms with Crippen LogP contribution in [-0.2, 0) is 11.2 Å². The second-order valence-corrected chi connectivity index (χ2v) is 8.72. The minimum atomic E-state index is -0.0175. The Bertz CT molecular complexity index is 866. The van der Waals surface area contributed by atoms with Crippen LogP contribution in [-0.4, -0.2) is 32.2 Å². The summed E-state index contributed by atoms with van der Waals surface area (Å²) in [5.41, 5.74) is 3.48. The van der Waals surface area contributed by atoms with E-state index in [0.717, 1.165) is 41.6 Å². The average molecular weight is 439 g/mol. The molecule has 1 aliphatic heterocycles. The van der Waals surface area contributed by atoms with Crippen molar-refractivity contribution in [2.75, 3.05) is 31.2 Å². The van der Waals surface area contributed by atoms with Crippen LogP contribution in [0.15, 0.2) is 42.5 Å². The maximum atomic E-state index is 12.6. The number of nitrogens with one attached hydrogen (secondary N) is 1. The number of benzene rings is 2. The molecule has 2 atom stereocenters. The van der Waals surface area contributed by atoms with E-state index in [-0.39, 0.29) is 11.9 Å². The summed E-state index contributed by atoms with van der Waals surface area (Å²) in [6, 6.07) is 14.5. The minimum absolute atomic E-state index is 0.0175. The molecule has 5 nitrogen and oxygen atoms in total. The number of anilines is 1. The lowest BCUT2D eigenvalue weighted by Gasteiger charge is -2.33. The van der Waals surface area contributed by atoms with Gasteiger partial charge in [-0.1, -0.05) is 25.1 Å². The van der Waals surface area contributed by atoms with Gasteiger partial charge < -0.3 is 19.7 Å². The van der Waals surface area contributed by atoms with Gasteiger partial charge in [-0.2, -0.15) is 0 Å². The van der Waals surface area contributed by atoms with Gasteiger partial charge in [0.05, 0.1) is 19.3 Å². The van der Waals surface area contributed by atoms with Crippen LogP contribution in [0.5, 0.6) is 11.5 Å². The molecule has 1 amide bonds. The molecule has 1 heterocycles. The monoisotopic (exact) mass is 438 g/mol. The first-order valence-corrected chi connectivity index (χ1v) is 12.0. The maximum Gasteiger partial charge on any atom is 0.220 e. The maximum absolute atomic E-state index is 12.6. The van der Waals surface area contributed by atoms with Gasteiger partial charge in [-0.25, -0.2) is 0 Å². The molecule has 0 aromatic heterocycles. The van der Waals surface area contributed by atoms with Gasteiger partial charge >= 0.3 is 0 Å². The molecule has 5 heteroatoms. The summed E-state index contributed by atoms with van der Waals surface area (Å²) in [6.45, 7) is 11.7. The fourth-order valence-electron chi connectivity index (χ4n) is 4.30. The van der Waals surface area contributed by atoms with Crippen LogP contribution in [0.25, 0.3) is 0 Å². The highest BCUT2D eigenvalue weighted by Crippen LogP contribution is 2.29. The van der Waals surface area contributed by atoms with Gasteiger partial charge in [0.1, 0.15) is 0 Å². The predicted molar refractivity (Wildman–Crippen MR) is 131 cm³/mol. The quantitative estimate of drug-likeness (QED) is 0.530. The Kier molecular flexibility index (Phi) is 8.83. The Hall–Kier alpha value is -2.69. The molecule has 0 unspecified atom stereocenters. The number of ether oxygens (including phenoxy) is 2. The minimum Gasteiger partial charge on any atom is -0.490 e. The number of carbonyl (C=O) groups is 1. The van der Waals surface area contributed by atoms with Crippen molar-refractivity contribution in [3.05, 3.63) is 53.6 Å². The Labute approximate surface area is 193 Å². The number of hydrogen-bond donors (Lipinski definition) is 1. The van der Waals surface area contributed by atoms with Crippen LogP contribution in [0, 0.1) is 5.92 Å². The zero-order valence-electron chi connectivity index (χ0n) is 20.0. The highest BCUT2D eigenvalue weighted by molar-refractivity contribution is 5.76. The molecule has 1 fully saturated rings. The number of piperidine rings is 1. The van der Waals surface area contributed by atoms with Gasteiger partial charge in [0.15, 0.2) is 11.5 Å². The van der Waals surface area contributed by atoms with Crippen LogP contribution in [0.1, 0.15) is 64.1 Å². The highest BCUT2D eigenvalue weighted by atomic mass is 16.5. The SMILES string of the molecule is CCOc1ccc(CCC(=O)N[C@@H](C)c2ccc(N3CCC[C@@H](C)C3)cc2)cc1OCC. The summed E-state index contributed by atoms with van der Waals surface area (Å²) < 4.78 is 11.3. The van der Waals surface area contributed by atoms with Gasteiger partial charge in [0.25, 0.3) is 0 Å². The molecule has 0 bridgehead atoms. The van der Waals surface area contributed by atoms with Crippen LogP contribution < -0.4 is 19.7 Å². The molecule has 1 aliphatic rings. The van der Waals surface area contributed by atoms with E-state index in [1.165, 1.54) is 18.5 Å². The van der Waals surface area contributed by atoms with Gasteiger partial charge in [-0.05, 0) is 81.3 Å². The first-order chi connectivity index (χ1) is 15.5. The molecular weight excluding hydrogens is 400 g/mol. The van der Waals surface area contributed by atoms with Crippen LogP contribution in [0.3, 0.4) is 0 Å². The summed E-state index contributed by atoms with van der Waals surface area (Å²) in [6.07, 6.45) is 3.68. The Morgan fingerprint density at radius 1 is 1.09 bits per heavy atom. The van der Waals surface area contributed by atoms with Crippen molar-refractivity contribution in [3.8, 4) is 11.5 Å². The Balaban J connectivity index is 1.52. The fraction of sp³-hybridized carbons (Fsp3) is 0.519. The third-order valence-electron chi connectivity index (χ3n) is 6.04. The molecule has 1 saturated heterocycles. The van der Waals surface area contributed by atoms with E-state index >= 15 is 0 Å². The second-order valence-electron chi connectivity index (χ2n) is 8.72. The fourth-order valence-corrected chi connectivity index (χ4v) is 4.30. The lowest BCUT2D eigenvalue weighted by molar-refractivity contribution is -0.121. The first kappa shape index (κ1) is 24.0. The van der Waals surface area contributed by atoms with E-state index in [1.807, 2.05) is 39.0 Å². The largest absolute Gasteiger partial charge is 0.490 e. The summed E-state index contributed by atoms with van der Waals surface area (Å²) in [7, 11) is 0. The van der Waals surface area contributed by atoms with Crippen LogP contribution >= 0.6 is 0 Å². The summed E-state index contributed by atoms with van der Waals surface area (Å²) >= 11 is 0. The van der Waals surface area contributed by atoms with Crippen molar-refractivity contribution >= 4 is 11.6 Å². The smallest absolute Gasteiger partial charge is 0.220 e. The Morgan fingerprint density at radius 3 is 2.50 bits per heavy atom. The number of carbonyl (C=O) groups excluding carboxylic acids is 1. The molecule has 174 valence electrons. The molecule has 2 aromatic carbocycles. The van der Waals surface area contributed by atoms with E-state index in [4.69, 9.17) is 9.47 Å². The molecule has 3 rings (SSSR count). The van der Waals surface area contributed by atoms with Crippen molar-refractivity contribution < 1.29 is 14.3 Å². The third kappa shape index (κ3) is 6.65. The molecule has 32 heavy (non-hydrogen) atoms. The van der Waals surface area contributed by atoms with Gasteiger partial charge in [-0.3, -0.25) is 4.79 Å². The molecule has 0 spiro atoms. The van der Waals surface area contributed by atoms with E-state index in [9.17, 15) is 4.79 Å². The third-order valence-corrected chi connectivity index (χ3v) is 6.04. The molecular formula is C27H38N2O3. The van der Waals surface area contributed by atoms with Crippen molar-refractivity contribution in [3.63, 3.8) is 0 Å². The van der Waals surface area contributed by atoms with Gasteiger partial charge in [0, 0.05) is 25.2 Å². The average Bonchev–Trinajstić information content (AvgIpc) is 2.79. The standard InChI is InChI=1S/C27H38N2O3/c1-5-31-25-15-9-22(18-26(25)32-6-2)10-16-27(30)28-21(4)23-11-13-24(14-12-23)29-17-7-8-20(3)19-29/h9,11-15,18,20-21H,5-8,10,16-17,19H2,1-4H3,(H,28,30)/t20-,21+/m1/s1. The molecule has 2 aromatic rings. The van der Waals surface area contributed by atoms with E-state index in [1.54, 1.807) is 0 Å². The number of rotatable bonds is 10. The number of aryl methyl sites for hydroxylation is 1. The number of amides is 1.